The summed E-state index contributed by atoms with van der Waals surface area (Å²) < 4.78 is 0. The SMILES string of the molecule is CC(C)NC1(c2nc(C(C)C)cs2)CCCCC1. The lowest BCUT2D eigenvalue weighted by molar-refractivity contribution is 0.216. The molecule has 0 atom stereocenters. The summed E-state index contributed by atoms with van der Waals surface area (Å²) in [7, 11) is 0. The highest BCUT2D eigenvalue weighted by atomic mass is 32.1. The number of rotatable bonds is 4. The third kappa shape index (κ3) is 2.94. The Labute approximate surface area is 115 Å². The molecular weight excluding hydrogens is 240 g/mol. The largest absolute Gasteiger partial charge is 0.303 e. The molecule has 1 fully saturated rings. The second kappa shape index (κ2) is 5.70. The maximum Gasteiger partial charge on any atom is 0.113 e. The molecule has 102 valence electrons. The van der Waals surface area contributed by atoms with Crippen molar-refractivity contribution in [1.29, 1.82) is 0 Å². The standard InChI is InChI=1S/C15H26N2S/c1-11(2)13-10-18-14(16-13)15(17-12(3)4)8-6-5-7-9-15/h10-12,17H,5-9H2,1-4H3. The van der Waals surface area contributed by atoms with Crippen LogP contribution in [0, 0.1) is 0 Å². The smallest absolute Gasteiger partial charge is 0.113 e. The first-order valence-corrected chi connectivity index (χ1v) is 8.15. The minimum atomic E-state index is 0.157. The van der Waals surface area contributed by atoms with E-state index in [1.54, 1.807) is 0 Å². The van der Waals surface area contributed by atoms with Crippen molar-refractivity contribution < 1.29 is 0 Å². The minimum Gasteiger partial charge on any atom is -0.303 e. The summed E-state index contributed by atoms with van der Waals surface area (Å²) in [6, 6.07) is 0.523. The molecule has 1 aliphatic carbocycles. The van der Waals surface area contributed by atoms with E-state index < -0.39 is 0 Å². The third-order valence-corrected chi connectivity index (χ3v) is 4.86. The van der Waals surface area contributed by atoms with E-state index in [1.807, 2.05) is 11.3 Å². The Morgan fingerprint density at radius 1 is 1.17 bits per heavy atom. The third-order valence-electron chi connectivity index (χ3n) is 3.79. The molecule has 0 bridgehead atoms. The van der Waals surface area contributed by atoms with E-state index in [0.29, 0.717) is 12.0 Å². The summed E-state index contributed by atoms with van der Waals surface area (Å²) in [6.45, 7) is 8.94. The molecule has 0 saturated heterocycles. The molecule has 1 heterocycles. The quantitative estimate of drug-likeness (QED) is 0.872. The number of hydrogen-bond donors (Lipinski definition) is 1. The zero-order valence-electron chi connectivity index (χ0n) is 12.1. The van der Waals surface area contributed by atoms with E-state index in [1.165, 1.54) is 42.8 Å². The predicted molar refractivity (Wildman–Crippen MR) is 79.2 cm³/mol. The van der Waals surface area contributed by atoms with E-state index in [0.717, 1.165) is 0 Å². The molecule has 1 N–H and O–H groups in total. The summed E-state index contributed by atoms with van der Waals surface area (Å²) in [6.07, 6.45) is 6.53. The van der Waals surface area contributed by atoms with Crippen molar-refractivity contribution >= 4 is 11.3 Å². The van der Waals surface area contributed by atoms with Gasteiger partial charge in [-0.05, 0) is 32.6 Å². The molecule has 1 saturated carbocycles. The van der Waals surface area contributed by atoms with E-state index in [-0.39, 0.29) is 5.54 Å². The summed E-state index contributed by atoms with van der Waals surface area (Å²) >= 11 is 1.85. The van der Waals surface area contributed by atoms with Crippen LogP contribution in [-0.4, -0.2) is 11.0 Å². The lowest BCUT2D eigenvalue weighted by Crippen LogP contribution is -2.47. The van der Waals surface area contributed by atoms with E-state index in [4.69, 9.17) is 4.98 Å². The number of hydrogen-bond acceptors (Lipinski definition) is 3. The Morgan fingerprint density at radius 2 is 1.83 bits per heavy atom. The number of nitrogens with zero attached hydrogens (tertiary/aromatic N) is 1. The van der Waals surface area contributed by atoms with Crippen LogP contribution in [0.15, 0.2) is 5.38 Å². The van der Waals surface area contributed by atoms with Gasteiger partial charge in [0.25, 0.3) is 0 Å². The van der Waals surface area contributed by atoms with Gasteiger partial charge in [-0.15, -0.1) is 11.3 Å². The van der Waals surface area contributed by atoms with Crippen LogP contribution >= 0.6 is 11.3 Å². The molecule has 1 aromatic rings. The maximum absolute atomic E-state index is 4.91. The molecule has 0 spiro atoms. The first-order valence-electron chi connectivity index (χ1n) is 7.27. The van der Waals surface area contributed by atoms with Crippen LogP contribution in [0.3, 0.4) is 0 Å². The monoisotopic (exact) mass is 266 g/mol. The van der Waals surface area contributed by atoms with Crippen molar-refractivity contribution in [2.45, 2.75) is 77.3 Å². The molecule has 3 heteroatoms. The average Bonchev–Trinajstić information content (AvgIpc) is 2.79. The van der Waals surface area contributed by atoms with Crippen LogP contribution in [0.4, 0.5) is 0 Å². The van der Waals surface area contributed by atoms with Crippen molar-refractivity contribution in [3.63, 3.8) is 0 Å². The first kappa shape index (κ1) is 14.0. The van der Waals surface area contributed by atoms with Gasteiger partial charge in [0.15, 0.2) is 0 Å². The van der Waals surface area contributed by atoms with Crippen molar-refractivity contribution in [3.05, 3.63) is 16.1 Å². The van der Waals surface area contributed by atoms with Crippen LogP contribution in [0.1, 0.15) is 76.4 Å². The van der Waals surface area contributed by atoms with Gasteiger partial charge in [0, 0.05) is 11.4 Å². The summed E-state index contributed by atoms with van der Waals surface area (Å²) in [5, 5.41) is 7.38. The van der Waals surface area contributed by atoms with Gasteiger partial charge in [0.05, 0.1) is 11.2 Å². The Hall–Kier alpha value is -0.410. The second-order valence-electron chi connectivity index (χ2n) is 6.17. The van der Waals surface area contributed by atoms with Gasteiger partial charge in [0.2, 0.25) is 0 Å². The summed E-state index contributed by atoms with van der Waals surface area (Å²) in [5.74, 6) is 0.537. The van der Waals surface area contributed by atoms with Gasteiger partial charge in [-0.1, -0.05) is 33.1 Å². The highest BCUT2D eigenvalue weighted by molar-refractivity contribution is 7.09. The van der Waals surface area contributed by atoms with E-state index in [2.05, 4.69) is 38.4 Å². The van der Waals surface area contributed by atoms with Crippen molar-refractivity contribution in [1.82, 2.24) is 10.3 Å². The van der Waals surface area contributed by atoms with Crippen molar-refractivity contribution in [3.8, 4) is 0 Å². The molecule has 0 radical (unpaired) electrons. The zero-order valence-corrected chi connectivity index (χ0v) is 12.9. The second-order valence-corrected chi connectivity index (χ2v) is 7.03. The van der Waals surface area contributed by atoms with Crippen LogP contribution < -0.4 is 5.32 Å². The number of aromatic nitrogens is 1. The van der Waals surface area contributed by atoms with E-state index >= 15 is 0 Å². The minimum absolute atomic E-state index is 0.157. The molecule has 0 aliphatic heterocycles. The fourth-order valence-corrected chi connectivity index (χ4v) is 4.10. The fourth-order valence-electron chi connectivity index (χ4n) is 2.90. The highest BCUT2D eigenvalue weighted by Gasteiger charge is 2.36. The molecular formula is C15H26N2S. The molecule has 0 unspecified atom stereocenters. The van der Waals surface area contributed by atoms with Crippen LogP contribution in [0.25, 0.3) is 0 Å². The molecule has 1 aromatic heterocycles. The summed E-state index contributed by atoms with van der Waals surface area (Å²) in [4.78, 5) is 4.91. The Bertz CT molecular complexity index is 376. The Balaban J connectivity index is 2.26. The average molecular weight is 266 g/mol. The van der Waals surface area contributed by atoms with Crippen LogP contribution in [0.5, 0.6) is 0 Å². The molecule has 0 amide bonds. The van der Waals surface area contributed by atoms with Gasteiger partial charge in [0.1, 0.15) is 5.01 Å². The molecule has 2 rings (SSSR count). The number of thiazole rings is 1. The Kier molecular flexibility index (Phi) is 4.44. The molecule has 18 heavy (non-hydrogen) atoms. The van der Waals surface area contributed by atoms with Gasteiger partial charge >= 0.3 is 0 Å². The predicted octanol–water partition coefficient (Wildman–Crippen LogP) is 4.42. The van der Waals surface area contributed by atoms with Crippen molar-refractivity contribution in [2.75, 3.05) is 0 Å². The molecule has 2 nitrogen and oxygen atoms in total. The summed E-state index contributed by atoms with van der Waals surface area (Å²) in [5.41, 5.74) is 1.41. The fraction of sp³-hybridized carbons (Fsp3) is 0.800. The van der Waals surface area contributed by atoms with Gasteiger partial charge in [-0.3, -0.25) is 0 Å². The Morgan fingerprint density at radius 3 is 2.33 bits per heavy atom. The highest BCUT2D eigenvalue weighted by Crippen LogP contribution is 2.39. The molecule has 1 aliphatic rings. The molecule has 0 aromatic carbocycles. The van der Waals surface area contributed by atoms with Crippen LogP contribution in [-0.2, 0) is 5.54 Å². The van der Waals surface area contributed by atoms with Crippen molar-refractivity contribution in [2.24, 2.45) is 0 Å². The normalized spacial score (nSPS) is 19.7. The van der Waals surface area contributed by atoms with Gasteiger partial charge in [-0.25, -0.2) is 4.98 Å². The lowest BCUT2D eigenvalue weighted by atomic mass is 9.81. The van der Waals surface area contributed by atoms with Gasteiger partial charge < -0.3 is 5.32 Å². The van der Waals surface area contributed by atoms with E-state index in [9.17, 15) is 0 Å². The zero-order chi connectivity index (χ0) is 13.2. The van der Waals surface area contributed by atoms with Crippen LogP contribution in [0.2, 0.25) is 0 Å². The maximum atomic E-state index is 4.91. The first-order chi connectivity index (χ1) is 8.53. The van der Waals surface area contributed by atoms with Gasteiger partial charge in [-0.2, -0.15) is 0 Å². The topological polar surface area (TPSA) is 24.9 Å². The number of nitrogens with one attached hydrogen (secondary N) is 1. The lowest BCUT2D eigenvalue weighted by Gasteiger charge is -2.38.